The predicted molar refractivity (Wildman–Crippen MR) is 110 cm³/mol. The van der Waals surface area contributed by atoms with Gasteiger partial charge >= 0.3 is 6.18 Å². The summed E-state index contributed by atoms with van der Waals surface area (Å²) in [5.41, 5.74) is 3.93. The Balaban J connectivity index is 1.56. The van der Waals surface area contributed by atoms with E-state index in [1.807, 2.05) is 53.8 Å². The maximum Gasteiger partial charge on any atom is 0.408 e. The van der Waals surface area contributed by atoms with Gasteiger partial charge in [0.2, 0.25) is 11.8 Å². The number of piperidine rings is 1. The highest BCUT2D eigenvalue weighted by atomic mass is 19.4. The van der Waals surface area contributed by atoms with Crippen molar-refractivity contribution < 1.29 is 22.8 Å². The second-order valence-electron chi connectivity index (χ2n) is 8.03. The van der Waals surface area contributed by atoms with Gasteiger partial charge in [-0.25, -0.2) is 0 Å². The van der Waals surface area contributed by atoms with Crippen molar-refractivity contribution in [1.82, 2.24) is 10.6 Å². The second-order valence-corrected chi connectivity index (χ2v) is 8.03. The van der Waals surface area contributed by atoms with Gasteiger partial charge in [-0.3, -0.25) is 9.59 Å². The van der Waals surface area contributed by atoms with E-state index < -0.39 is 36.0 Å². The molecule has 1 fully saturated rings. The predicted octanol–water partition coefficient (Wildman–Crippen LogP) is 3.71. The van der Waals surface area contributed by atoms with Crippen LogP contribution < -0.4 is 16.0 Å². The topological polar surface area (TPSA) is 70.2 Å². The smallest absolute Gasteiger partial charge is 0.385 e. The maximum absolute atomic E-state index is 12.9. The highest BCUT2D eigenvalue weighted by Crippen LogP contribution is 2.31. The summed E-state index contributed by atoms with van der Waals surface area (Å²) >= 11 is 0. The number of rotatable bonds is 4. The van der Waals surface area contributed by atoms with Gasteiger partial charge < -0.3 is 16.0 Å². The van der Waals surface area contributed by atoms with Crippen molar-refractivity contribution in [3.8, 4) is 0 Å². The van der Waals surface area contributed by atoms with Crippen LogP contribution in [-0.2, 0) is 16.0 Å². The summed E-state index contributed by atoms with van der Waals surface area (Å²) in [5, 5.41) is 8.21. The van der Waals surface area contributed by atoms with Gasteiger partial charge in [0.1, 0.15) is 12.0 Å². The molecule has 3 N–H and O–H groups in total. The molecule has 8 heteroatoms. The third kappa shape index (κ3) is 4.68. The molecule has 3 atom stereocenters. The molecular formula is C23H24F3N3O2. The molecule has 2 aromatic rings. The van der Waals surface area contributed by atoms with Crippen molar-refractivity contribution in [2.24, 2.45) is 5.92 Å². The zero-order chi connectivity index (χ0) is 22.0. The highest BCUT2D eigenvalue weighted by Gasteiger charge is 2.46. The van der Waals surface area contributed by atoms with Gasteiger partial charge in [0.05, 0.1) is 6.04 Å². The van der Waals surface area contributed by atoms with Gasteiger partial charge in [-0.1, -0.05) is 42.5 Å². The minimum absolute atomic E-state index is 0.141. The zero-order valence-corrected chi connectivity index (χ0v) is 16.8. The average molecular weight is 431 g/mol. The fourth-order valence-corrected chi connectivity index (χ4v) is 4.23. The van der Waals surface area contributed by atoms with Gasteiger partial charge in [-0.2, -0.15) is 13.2 Å². The Bertz CT molecular complexity index is 962. The lowest BCUT2D eigenvalue weighted by molar-refractivity contribution is -0.171. The molecule has 0 aromatic heterocycles. The molecule has 2 heterocycles. The summed E-state index contributed by atoms with van der Waals surface area (Å²) in [4.78, 5) is 25.2. The normalized spacial score (nSPS) is 22.0. The van der Waals surface area contributed by atoms with E-state index in [-0.39, 0.29) is 12.8 Å². The SMILES string of the molecule is O=C(NC(c1ccccc1)c1ccc2c(c1)CCCN2)C1CCC(C(F)(F)F)NC1=O. The van der Waals surface area contributed by atoms with Gasteiger partial charge in [-0.05, 0) is 48.4 Å². The third-order valence-corrected chi connectivity index (χ3v) is 5.91. The minimum Gasteiger partial charge on any atom is -0.385 e. The highest BCUT2D eigenvalue weighted by molar-refractivity contribution is 6.01. The van der Waals surface area contributed by atoms with Crippen LogP contribution in [0.4, 0.5) is 18.9 Å². The van der Waals surface area contributed by atoms with Crippen molar-refractivity contribution in [1.29, 1.82) is 0 Å². The van der Waals surface area contributed by atoms with Crippen molar-refractivity contribution >= 4 is 17.5 Å². The standard InChI is InChI=1S/C23H24F3N3O2/c24-23(25,26)19-11-9-17(21(30)28-19)22(31)29-20(14-5-2-1-3-6-14)16-8-10-18-15(13-16)7-4-12-27-18/h1-3,5-6,8,10,13,17,19-20,27H,4,7,9,11-12H2,(H,28,30)(H,29,31). The third-order valence-electron chi connectivity index (χ3n) is 5.91. The van der Waals surface area contributed by atoms with Crippen LogP contribution in [0, 0.1) is 5.92 Å². The summed E-state index contributed by atoms with van der Waals surface area (Å²) in [6.45, 7) is 0.918. The number of amides is 2. The van der Waals surface area contributed by atoms with Crippen LogP contribution in [-0.4, -0.2) is 30.6 Å². The zero-order valence-electron chi connectivity index (χ0n) is 16.8. The first-order chi connectivity index (χ1) is 14.8. The Kier molecular flexibility index (Phi) is 5.89. The fourth-order valence-electron chi connectivity index (χ4n) is 4.23. The number of aryl methyl sites for hydroxylation is 1. The summed E-state index contributed by atoms with van der Waals surface area (Å²) in [6, 6.07) is 12.9. The number of fused-ring (bicyclic) bond motifs is 1. The minimum atomic E-state index is -4.51. The molecule has 4 rings (SSSR count). The van der Waals surface area contributed by atoms with E-state index in [0.29, 0.717) is 0 Å². The molecule has 0 aliphatic carbocycles. The van der Waals surface area contributed by atoms with Crippen LogP contribution >= 0.6 is 0 Å². The summed E-state index contributed by atoms with van der Waals surface area (Å²) < 4.78 is 38.7. The number of nitrogens with one attached hydrogen (secondary N) is 3. The average Bonchev–Trinajstić information content (AvgIpc) is 2.77. The molecular weight excluding hydrogens is 407 g/mol. The van der Waals surface area contributed by atoms with E-state index in [1.165, 1.54) is 0 Å². The Hall–Kier alpha value is -3.03. The molecule has 1 saturated heterocycles. The molecule has 5 nitrogen and oxygen atoms in total. The molecule has 2 amide bonds. The summed E-state index contributed by atoms with van der Waals surface area (Å²) in [5.74, 6) is -2.60. The van der Waals surface area contributed by atoms with Crippen molar-refractivity contribution in [2.45, 2.75) is 43.9 Å². The molecule has 3 unspecified atom stereocenters. The van der Waals surface area contributed by atoms with E-state index >= 15 is 0 Å². The molecule has 2 aliphatic rings. The largest absolute Gasteiger partial charge is 0.408 e. The Morgan fingerprint density at radius 3 is 2.55 bits per heavy atom. The second kappa shape index (κ2) is 8.61. The van der Waals surface area contributed by atoms with E-state index in [4.69, 9.17) is 0 Å². The first-order valence-electron chi connectivity index (χ1n) is 10.4. The lowest BCUT2D eigenvalue weighted by Crippen LogP contribution is -2.54. The van der Waals surface area contributed by atoms with Crippen molar-refractivity contribution in [3.63, 3.8) is 0 Å². The van der Waals surface area contributed by atoms with Crippen molar-refractivity contribution in [3.05, 3.63) is 65.2 Å². The van der Waals surface area contributed by atoms with E-state index in [9.17, 15) is 22.8 Å². The van der Waals surface area contributed by atoms with E-state index in [0.717, 1.165) is 41.8 Å². The first-order valence-corrected chi connectivity index (χ1v) is 10.4. The van der Waals surface area contributed by atoms with Gasteiger partial charge in [0.15, 0.2) is 0 Å². The molecule has 0 saturated carbocycles. The van der Waals surface area contributed by atoms with Gasteiger partial charge in [0, 0.05) is 12.2 Å². The molecule has 2 aliphatic heterocycles. The molecule has 0 radical (unpaired) electrons. The van der Waals surface area contributed by atoms with Crippen LogP contribution in [0.3, 0.4) is 0 Å². The fraction of sp³-hybridized carbons (Fsp3) is 0.391. The lowest BCUT2D eigenvalue weighted by atomic mass is 9.90. The quantitative estimate of drug-likeness (QED) is 0.647. The summed E-state index contributed by atoms with van der Waals surface area (Å²) in [7, 11) is 0. The molecule has 0 spiro atoms. The van der Waals surface area contributed by atoms with E-state index in [1.54, 1.807) is 0 Å². The maximum atomic E-state index is 12.9. The Morgan fingerprint density at radius 2 is 1.84 bits per heavy atom. The van der Waals surface area contributed by atoms with Crippen LogP contribution in [0.5, 0.6) is 0 Å². The first kappa shape index (κ1) is 21.2. The number of anilines is 1. The molecule has 0 bridgehead atoms. The number of carbonyl (C=O) groups excluding carboxylic acids is 2. The number of halogens is 3. The number of carbonyl (C=O) groups is 2. The van der Waals surface area contributed by atoms with Gasteiger partial charge in [-0.15, -0.1) is 0 Å². The van der Waals surface area contributed by atoms with Crippen molar-refractivity contribution in [2.75, 3.05) is 11.9 Å². The number of alkyl halides is 3. The number of hydrogen-bond acceptors (Lipinski definition) is 3. The monoisotopic (exact) mass is 431 g/mol. The van der Waals surface area contributed by atoms with Crippen LogP contribution in [0.25, 0.3) is 0 Å². The van der Waals surface area contributed by atoms with Crippen LogP contribution in [0.2, 0.25) is 0 Å². The van der Waals surface area contributed by atoms with Crippen LogP contribution in [0.1, 0.15) is 42.0 Å². The van der Waals surface area contributed by atoms with Gasteiger partial charge in [0.25, 0.3) is 0 Å². The van der Waals surface area contributed by atoms with Crippen LogP contribution in [0.15, 0.2) is 48.5 Å². The Morgan fingerprint density at radius 1 is 1.06 bits per heavy atom. The lowest BCUT2D eigenvalue weighted by Gasteiger charge is -2.31. The Labute approximate surface area is 178 Å². The molecule has 2 aromatic carbocycles. The number of benzene rings is 2. The molecule has 31 heavy (non-hydrogen) atoms. The summed E-state index contributed by atoms with van der Waals surface area (Å²) in [6.07, 6.45) is -3.02. The molecule has 164 valence electrons. The van der Waals surface area contributed by atoms with E-state index in [2.05, 4.69) is 10.6 Å². The number of hydrogen-bond donors (Lipinski definition) is 3.